The molecule has 2 heterocycles. The molecule has 1 aromatic carbocycles. The fraction of sp³-hybridized carbons (Fsp3) is 0.562. The number of fused-ring (bicyclic) bond motifs is 2. The van der Waals surface area contributed by atoms with Gasteiger partial charge in [0.25, 0.3) is 0 Å². The van der Waals surface area contributed by atoms with Gasteiger partial charge in [0.2, 0.25) is 0 Å². The van der Waals surface area contributed by atoms with Gasteiger partial charge >= 0.3 is 6.03 Å². The molecule has 2 atom stereocenters. The number of carbonyl (C=O) groups excluding carboxylic acids is 1. The standard InChI is InChI=1S/C16H23N3O/c1-11-3-5-12(6-4-11)18-16(20)19(2)15-9-13-7-8-14(10-15)17-13/h3-6,13-15,17H,7-10H2,1-2H3,(H,18,20). The second-order valence-electron chi connectivity index (χ2n) is 6.17. The molecule has 2 saturated heterocycles. The summed E-state index contributed by atoms with van der Waals surface area (Å²) in [7, 11) is 1.92. The minimum atomic E-state index is 0.000142. The average molecular weight is 273 g/mol. The molecule has 0 aliphatic carbocycles. The third kappa shape index (κ3) is 2.80. The Hall–Kier alpha value is -1.55. The monoisotopic (exact) mass is 273 g/mol. The SMILES string of the molecule is Cc1ccc(NC(=O)N(C)C2CC3CCC(C2)N3)cc1. The van der Waals surface area contributed by atoms with Crippen molar-refractivity contribution in [3.05, 3.63) is 29.8 Å². The Bertz CT molecular complexity index is 473. The van der Waals surface area contributed by atoms with E-state index in [1.165, 1.54) is 18.4 Å². The Morgan fingerprint density at radius 1 is 1.20 bits per heavy atom. The molecule has 1 aromatic rings. The summed E-state index contributed by atoms with van der Waals surface area (Å²) in [5.74, 6) is 0. The molecule has 20 heavy (non-hydrogen) atoms. The van der Waals surface area contributed by atoms with Crippen molar-refractivity contribution in [1.82, 2.24) is 10.2 Å². The third-order valence-electron chi connectivity index (χ3n) is 4.62. The van der Waals surface area contributed by atoms with E-state index in [2.05, 4.69) is 10.6 Å². The van der Waals surface area contributed by atoms with Crippen LogP contribution in [0.3, 0.4) is 0 Å². The van der Waals surface area contributed by atoms with E-state index in [1.807, 2.05) is 43.1 Å². The van der Waals surface area contributed by atoms with E-state index in [9.17, 15) is 4.79 Å². The van der Waals surface area contributed by atoms with Gasteiger partial charge in [-0.15, -0.1) is 0 Å². The molecule has 2 amide bonds. The maximum absolute atomic E-state index is 12.3. The van der Waals surface area contributed by atoms with Gasteiger partial charge in [0.15, 0.2) is 0 Å². The molecular weight excluding hydrogens is 250 g/mol. The van der Waals surface area contributed by atoms with Gasteiger partial charge in [-0.25, -0.2) is 4.79 Å². The molecule has 3 rings (SSSR count). The number of anilines is 1. The molecule has 108 valence electrons. The average Bonchev–Trinajstić information content (AvgIpc) is 2.79. The lowest BCUT2D eigenvalue weighted by Gasteiger charge is -2.35. The number of nitrogens with zero attached hydrogens (tertiary/aromatic N) is 1. The van der Waals surface area contributed by atoms with Gasteiger partial charge in [0.05, 0.1) is 0 Å². The van der Waals surface area contributed by atoms with E-state index in [0.717, 1.165) is 18.5 Å². The van der Waals surface area contributed by atoms with Gasteiger partial charge in [-0.05, 0) is 44.7 Å². The lowest BCUT2D eigenvalue weighted by atomic mass is 9.99. The third-order valence-corrected chi connectivity index (χ3v) is 4.62. The highest BCUT2D eigenvalue weighted by atomic mass is 16.2. The number of hydrogen-bond acceptors (Lipinski definition) is 2. The first-order valence-electron chi connectivity index (χ1n) is 7.48. The summed E-state index contributed by atoms with van der Waals surface area (Å²) >= 11 is 0. The zero-order chi connectivity index (χ0) is 14.1. The summed E-state index contributed by atoms with van der Waals surface area (Å²) in [6.45, 7) is 2.04. The Labute approximate surface area is 120 Å². The fourth-order valence-electron chi connectivity index (χ4n) is 3.36. The molecule has 2 bridgehead atoms. The molecular formula is C16H23N3O. The van der Waals surface area contributed by atoms with Crippen LogP contribution in [0.2, 0.25) is 0 Å². The molecule has 2 fully saturated rings. The zero-order valence-electron chi connectivity index (χ0n) is 12.2. The predicted octanol–water partition coefficient (Wildman–Crippen LogP) is 2.74. The van der Waals surface area contributed by atoms with Gasteiger partial charge in [-0.2, -0.15) is 0 Å². The van der Waals surface area contributed by atoms with Crippen LogP contribution in [-0.2, 0) is 0 Å². The van der Waals surface area contributed by atoms with Crippen LogP contribution in [0.25, 0.3) is 0 Å². The van der Waals surface area contributed by atoms with Crippen LogP contribution in [0.4, 0.5) is 10.5 Å². The van der Waals surface area contributed by atoms with Crippen LogP contribution in [0.15, 0.2) is 24.3 Å². The highest BCUT2D eigenvalue weighted by molar-refractivity contribution is 5.89. The van der Waals surface area contributed by atoms with E-state index in [-0.39, 0.29) is 6.03 Å². The van der Waals surface area contributed by atoms with E-state index >= 15 is 0 Å². The number of hydrogen-bond donors (Lipinski definition) is 2. The first-order valence-corrected chi connectivity index (χ1v) is 7.48. The predicted molar refractivity (Wildman–Crippen MR) is 80.9 cm³/mol. The fourth-order valence-corrected chi connectivity index (χ4v) is 3.36. The highest BCUT2D eigenvalue weighted by Gasteiger charge is 2.36. The second kappa shape index (κ2) is 5.44. The normalized spacial score (nSPS) is 28.2. The lowest BCUT2D eigenvalue weighted by Crippen LogP contribution is -2.49. The summed E-state index contributed by atoms with van der Waals surface area (Å²) in [5.41, 5.74) is 2.07. The number of amides is 2. The summed E-state index contributed by atoms with van der Waals surface area (Å²) in [4.78, 5) is 14.2. The minimum Gasteiger partial charge on any atom is -0.324 e. The molecule has 0 saturated carbocycles. The molecule has 0 spiro atoms. The molecule has 2 unspecified atom stereocenters. The molecule has 4 heteroatoms. The Morgan fingerprint density at radius 2 is 1.80 bits per heavy atom. The number of aryl methyl sites for hydroxylation is 1. The van der Waals surface area contributed by atoms with Gasteiger partial charge < -0.3 is 15.5 Å². The quantitative estimate of drug-likeness (QED) is 0.870. The molecule has 4 nitrogen and oxygen atoms in total. The lowest BCUT2D eigenvalue weighted by molar-refractivity contribution is 0.176. The van der Waals surface area contributed by atoms with Crippen molar-refractivity contribution in [3.63, 3.8) is 0 Å². The van der Waals surface area contributed by atoms with Crippen LogP contribution in [0.1, 0.15) is 31.2 Å². The van der Waals surface area contributed by atoms with Crippen LogP contribution in [0.5, 0.6) is 0 Å². The van der Waals surface area contributed by atoms with Crippen molar-refractivity contribution >= 4 is 11.7 Å². The largest absolute Gasteiger partial charge is 0.324 e. The summed E-state index contributed by atoms with van der Waals surface area (Å²) < 4.78 is 0. The molecule has 2 aliphatic heterocycles. The van der Waals surface area contributed by atoms with Crippen LogP contribution in [0, 0.1) is 6.92 Å². The van der Waals surface area contributed by atoms with Crippen molar-refractivity contribution in [3.8, 4) is 0 Å². The van der Waals surface area contributed by atoms with Gasteiger partial charge in [-0.3, -0.25) is 0 Å². The van der Waals surface area contributed by atoms with E-state index < -0.39 is 0 Å². The summed E-state index contributed by atoms with van der Waals surface area (Å²) in [6.07, 6.45) is 4.67. The minimum absolute atomic E-state index is 0.000142. The van der Waals surface area contributed by atoms with E-state index in [4.69, 9.17) is 0 Å². The maximum atomic E-state index is 12.3. The van der Waals surface area contributed by atoms with Crippen LogP contribution >= 0.6 is 0 Å². The first-order chi connectivity index (χ1) is 9.61. The Morgan fingerprint density at radius 3 is 2.40 bits per heavy atom. The smallest absolute Gasteiger partial charge is 0.321 e. The van der Waals surface area contributed by atoms with Crippen molar-refractivity contribution in [2.45, 2.75) is 50.7 Å². The molecule has 2 N–H and O–H groups in total. The van der Waals surface area contributed by atoms with Crippen molar-refractivity contribution < 1.29 is 4.79 Å². The van der Waals surface area contributed by atoms with Gasteiger partial charge in [0, 0.05) is 30.9 Å². The summed E-state index contributed by atoms with van der Waals surface area (Å²) in [6, 6.07) is 9.50. The van der Waals surface area contributed by atoms with Crippen molar-refractivity contribution in [2.75, 3.05) is 12.4 Å². The highest BCUT2D eigenvalue weighted by Crippen LogP contribution is 2.29. The van der Waals surface area contributed by atoms with E-state index in [0.29, 0.717) is 18.1 Å². The van der Waals surface area contributed by atoms with E-state index in [1.54, 1.807) is 0 Å². The van der Waals surface area contributed by atoms with Crippen LogP contribution in [-0.4, -0.2) is 36.1 Å². The molecule has 0 radical (unpaired) electrons. The van der Waals surface area contributed by atoms with Gasteiger partial charge in [-0.1, -0.05) is 17.7 Å². The zero-order valence-corrected chi connectivity index (χ0v) is 12.2. The number of carbonyl (C=O) groups is 1. The second-order valence-corrected chi connectivity index (χ2v) is 6.17. The maximum Gasteiger partial charge on any atom is 0.321 e. The first kappa shape index (κ1) is 13.4. The van der Waals surface area contributed by atoms with Crippen LogP contribution < -0.4 is 10.6 Å². The van der Waals surface area contributed by atoms with Crippen molar-refractivity contribution in [1.29, 1.82) is 0 Å². The Balaban J connectivity index is 1.60. The molecule has 2 aliphatic rings. The number of benzene rings is 1. The number of rotatable bonds is 2. The number of nitrogens with one attached hydrogen (secondary N) is 2. The van der Waals surface area contributed by atoms with Crippen molar-refractivity contribution in [2.24, 2.45) is 0 Å². The Kier molecular flexibility index (Phi) is 3.66. The number of piperidine rings is 1. The number of urea groups is 1. The topological polar surface area (TPSA) is 44.4 Å². The summed E-state index contributed by atoms with van der Waals surface area (Å²) in [5, 5.41) is 6.59. The molecule has 0 aromatic heterocycles. The van der Waals surface area contributed by atoms with Gasteiger partial charge in [0.1, 0.15) is 0 Å².